The lowest BCUT2D eigenvalue weighted by molar-refractivity contribution is 0.388. The van der Waals surface area contributed by atoms with Gasteiger partial charge in [0, 0.05) is 12.6 Å². The van der Waals surface area contributed by atoms with Crippen LogP contribution in [0.2, 0.25) is 0 Å². The van der Waals surface area contributed by atoms with Gasteiger partial charge in [-0.2, -0.15) is 4.98 Å². The molecule has 5 heteroatoms. The van der Waals surface area contributed by atoms with Gasteiger partial charge in [-0.3, -0.25) is 0 Å². The van der Waals surface area contributed by atoms with E-state index in [1.54, 1.807) is 6.92 Å². The fraction of sp³-hybridized carbons (Fsp3) is 0.125. The van der Waals surface area contributed by atoms with E-state index in [2.05, 4.69) is 15.5 Å². The molecular weight excluding hydrogens is 266 g/mol. The second kappa shape index (κ2) is 6.09. The monoisotopic (exact) mass is 281 g/mol. The minimum Gasteiger partial charge on any atom is -0.457 e. The van der Waals surface area contributed by atoms with Crippen molar-refractivity contribution >= 4 is 5.69 Å². The molecule has 0 fully saturated rings. The van der Waals surface area contributed by atoms with Gasteiger partial charge in [-0.1, -0.05) is 23.4 Å². The Bertz CT molecular complexity index is 693. The molecule has 0 radical (unpaired) electrons. The second-order valence-corrected chi connectivity index (χ2v) is 4.52. The molecule has 0 atom stereocenters. The van der Waals surface area contributed by atoms with Crippen LogP contribution < -0.4 is 10.1 Å². The minimum atomic E-state index is 0.524. The van der Waals surface area contributed by atoms with E-state index in [4.69, 9.17) is 9.26 Å². The highest BCUT2D eigenvalue weighted by atomic mass is 16.5. The SMILES string of the molecule is Cc1nc(CNc2ccc(Oc3ccccc3)cc2)no1. The van der Waals surface area contributed by atoms with Crippen LogP contribution in [-0.4, -0.2) is 10.1 Å². The first-order chi connectivity index (χ1) is 10.3. The summed E-state index contributed by atoms with van der Waals surface area (Å²) in [4.78, 5) is 4.13. The molecule has 3 rings (SSSR count). The molecule has 0 spiro atoms. The molecule has 0 bridgehead atoms. The van der Waals surface area contributed by atoms with Crippen molar-refractivity contribution in [3.8, 4) is 11.5 Å². The average Bonchev–Trinajstić information content (AvgIpc) is 2.93. The number of benzene rings is 2. The number of aryl methyl sites for hydroxylation is 1. The van der Waals surface area contributed by atoms with Crippen LogP contribution in [0.1, 0.15) is 11.7 Å². The predicted molar refractivity (Wildman–Crippen MR) is 79.3 cm³/mol. The molecule has 1 aromatic heterocycles. The van der Waals surface area contributed by atoms with Crippen LogP contribution in [0.15, 0.2) is 59.1 Å². The number of rotatable bonds is 5. The van der Waals surface area contributed by atoms with Gasteiger partial charge in [-0.15, -0.1) is 0 Å². The number of nitrogens with one attached hydrogen (secondary N) is 1. The van der Waals surface area contributed by atoms with Gasteiger partial charge >= 0.3 is 0 Å². The normalized spacial score (nSPS) is 10.3. The molecule has 1 heterocycles. The first-order valence-corrected chi connectivity index (χ1v) is 6.65. The summed E-state index contributed by atoms with van der Waals surface area (Å²) in [6.45, 7) is 2.29. The largest absolute Gasteiger partial charge is 0.457 e. The summed E-state index contributed by atoms with van der Waals surface area (Å²) in [6.07, 6.45) is 0. The Hall–Kier alpha value is -2.82. The van der Waals surface area contributed by atoms with E-state index in [0.29, 0.717) is 18.3 Å². The molecule has 0 unspecified atom stereocenters. The molecule has 0 aliphatic carbocycles. The number of hydrogen-bond donors (Lipinski definition) is 1. The summed E-state index contributed by atoms with van der Waals surface area (Å²) in [5.41, 5.74) is 0.970. The summed E-state index contributed by atoms with van der Waals surface area (Å²) in [5.74, 6) is 2.82. The number of aromatic nitrogens is 2. The number of anilines is 1. The molecule has 0 amide bonds. The Morgan fingerprint density at radius 2 is 1.71 bits per heavy atom. The van der Waals surface area contributed by atoms with Gasteiger partial charge in [-0.25, -0.2) is 0 Å². The quantitative estimate of drug-likeness (QED) is 0.771. The van der Waals surface area contributed by atoms with Gasteiger partial charge in [0.2, 0.25) is 5.89 Å². The summed E-state index contributed by atoms with van der Waals surface area (Å²) < 4.78 is 10.6. The fourth-order valence-electron chi connectivity index (χ4n) is 1.86. The minimum absolute atomic E-state index is 0.524. The van der Waals surface area contributed by atoms with Crippen molar-refractivity contribution in [3.63, 3.8) is 0 Å². The number of ether oxygens (including phenoxy) is 1. The second-order valence-electron chi connectivity index (χ2n) is 4.52. The molecule has 5 nitrogen and oxygen atoms in total. The van der Waals surface area contributed by atoms with Crippen molar-refractivity contribution in [2.24, 2.45) is 0 Å². The van der Waals surface area contributed by atoms with Crippen LogP contribution in [0.25, 0.3) is 0 Å². The van der Waals surface area contributed by atoms with E-state index < -0.39 is 0 Å². The van der Waals surface area contributed by atoms with Crippen LogP contribution in [0, 0.1) is 6.92 Å². The van der Waals surface area contributed by atoms with Crippen molar-refractivity contribution in [1.29, 1.82) is 0 Å². The van der Waals surface area contributed by atoms with Crippen molar-refractivity contribution in [2.45, 2.75) is 13.5 Å². The lowest BCUT2D eigenvalue weighted by Crippen LogP contribution is -2.01. The highest BCUT2D eigenvalue weighted by Crippen LogP contribution is 2.22. The third-order valence-electron chi connectivity index (χ3n) is 2.85. The molecule has 1 N–H and O–H groups in total. The van der Waals surface area contributed by atoms with Gasteiger partial charge in [0.1, 0.15) is 11.5 Å². The van der Waals surface area contributed by atoms with Crippen LogP contribution in [0.4, 0.5) is 5.69 Å². The summed E-state index contributed by atoms with van der Waals surface area (Å²) >= 11 is 0. The number of para-hydroxylation sites is 1. The van der Waals surface area contributed by atoms with Gasteiger partial charge in [0.05, 0.1) is 6.54 Å². The van der Waals surface area contributed by atoms with Gasteiger partial charge in [0.25, 0.3) is 0 Å². The standard InChI is InChI=1S/C16H15N3O2/c1-12-18-16(19-21-12)11-17-13-7-9-15(10-8-13)20-14-5-3-2-4-6-14/h2-10,17H,11H2,1H3. The highest BCUT2D eigenvalue weighted by Gasteiger charge is 2.02. The molecule has 106 valence electrons. The lowest BCUT2D eigenvalue weighted by Gasteiger charge is -2.07. The zero-order chi connectivity index (χ0) is 14.5. The lowest BCUT2D eigenvalue weighted by atomic mass is 10.3. The van der Waals surface area contributed by atoms with E-state index in [1.807, 2.05) is 54.6 Å². The number of nitrogens with zero attached hydrogens (tertiary/aromatic N) is 2. The van der Waals surface area contributed by atoms with Crippen LogP contribution in [-0.2, 0) is 6.54 Å². The topological polar surface area (TPSA) is 60.2 Å². The van der Waals surface area contributed by atoms with Crippen LogP contribution in [0.5, 0.6) is 11.5 Å². The molecule has 21 heavy (non-hydrogen) atoms. The van der Waals surface area contributed by atoms with Gasteiger partial charge in [0.15, 0.2) is 5.82 Å². The zero-order valence-electron chi connectivity index (χ0n) is 11.6. The molecule has 0 aliphatic rings. The van der Waals surface area contributed by atoms with Gasteiger partial charge < -0.3 is 14.6 Å². The predicted octanol–water partition coefficient (Wildman–Crippen LogP) is 3.78. The maximum absolute atomic E-state index is 5.73. The Balaban J connectivity index is 1.59. The van der Waals surface area contributed by atoms with Crippen molar-refractivity contribution in [3.05, 3.63) is 66.3 Å². The molecule has 0 aliphatic heterocycles. The van der Waals surface area contributed by atoms with Crippen molar-refractivity contribution in [2.75, 3.05) is 5.32 Å². The van der Waals surface area contributed by atoms with E-state index in [-0.39, 0.29) is 0 Å². The maximum Gasteiger partial charge on any atom is 0.223 e. The van der Waals surface area contributed by atoms with Crippen molar-refractivity contribution in [1.82, 2.24) is 10.1 Å². The Morgan fingerprint density at radius 3 is 2.38 bits per heavy atom. The third-order valence-corrected chi connectivity index (χ3v) is 2.85. The van der Waals surface area contributed by atoms with Crippen molar-refractivity contribution < 1.29 is 9.26 Å². The van der Waals surface area contributed by atoms with Crippen LogP contribution >= 0.6 is 0 Å². The molecule has 0 saturated carbocycles. The summed E-state index contributed by atoms with van der Waals surface area (Å²) in [7, 11) is 0. The van der Waals surface area contributed by atoms with E-state index in [0.717, 1.165) is 17.2 Å². The maximum atomic E-state index is 5.73. The number of hydrogen-bond acceptors (Lipinski definition) is 5. The average molecular weight is 281 g/mol. The highest BCUT2D eigenvalue weighted by molar-refractivity contribution is 5.47. The third kappa shape index (κ3) is 3.60. The summed E-state index contributed by atoms with van der Waals surface area (Å²) in [6, 6.07) is 17.4. The Kier molecular flexibility index (Phi) is 3.82. The molecule has 2 aromatic carbocycles. The molecular formula is C16H15N3O2. The molecule has 3 aromatic rings. The first kappa shape index (κ1) is 13.2. The zero-order valence-corrected chi connectivity index (χ0v) is 11.6. The molecule has 0 saturated heterocycles. The van der Waals surface area contributed by atoms with E-state index in [1.165, 1.54) is 0 Å². The van der Waals surface area contributed by atoms with E-state index >= 15 is 0 Å². The Labute approximate surface area is 122 Å². The Morgan fingerprint density at radius 1 is 1.00 bits per heavy atom. The first-order valence-electron chi connectivity index (χ1n) is 6.65. The smallest absolute Gasteiger partial charge is 0.223 e. The van der Waals surface area contributed by atoms with E-state index in [9.17, 15) is 0 Å². The van der Waals surface area contributed by atoms with Gasteiger partial charge in [-0.05, 0) is 36.4 Å². The fourth-order valence-corrected chi connectivity index (χ4v) is 1.86. The van der Waals surface area contributed by atoms with Crippen LogP contribution in [0.3, 0.4) is 0 Å². The summed E-state index contributed by atoms with van der Waals surface area (Å²) in [5, 5.41) is 7.06.